The lowest BCUT2D eigenvalue weighted by Crippen LogP contribution is -2.21. The van der Waals surface area contributed by atoms with Crippen LogP contribution < -0.4 is 10.1 Å². The van der Waals surface area contributed by atoms with Crippen molar-refractivity contribution in [1.82, 2.24) is 15.1 Å². The van der Waals surface area contributed by atoms with Crippen LogP contribution in [-0.4, -0.2) is 22.9 Å². The Morgan fingerprint density at radius 3 is 2.86 bits per heavy atom. The molecule has 114 valence electrons. The average molecular weight is 287 g/mol. The maximum Gasteiger partial charge on any atom is 0.119 e. The second kappa shape index (κ2) is 7.84. The van der Waals surface area contributed by atoms with Gasteiger partial charge in [-0.3, -0.25) is 4.68 Å². The normalized spacial score (nSPS) is 12.3. The Balaban J connectivity index is 2.05. The average Bonchev–Trinajstić information content (AvgIpc) is 2.90. The number of aromatic nitrogens is 2. The Morgan fingerprint density at radius 1 is 1.33 bits per heavy atom. The number of aryl methyl sites for hydroxylation is 2. The van der Waals surface area contributed by atoms with E-state index in [1.165, 1.54) is 11.1 Å². The van der Waals surface area contributed by atoms with E-state index in [0.717, 1.165) is 25.1 Å². The van der Waals surface area contributed by atoms with Crippen LogP contribution in [0, 0.1) is 0 Å². The summed E-state index contributed by atoms with van der Waals surface area (Å²) in [5, 5.41) is 7.79. The first-order valence-corrected chi connectivity index (χ1v) is 7.66. The summed E-state index contributed by atoms with van der Waals surface area (Å²) in [6.07, 6.45) is 6.10. The Kier molecular flexibility index (Phi) is 5.81. The van der Waals surface area contributed by atoms with E-state index in [9.17, 15) is 0 Å². The number of benzene rings is 1. The molecule has 1 aromatic heterocycles. The summed E-state index contributed by atoms with van der Waals surface area (Å²) in [4.78, 5) is 0. The molecule has 0 fully saturated rings. The van der Waals surface area contributed by atoms with Crippen molar-refractivity contribution in [2.45, 2.75) is 32.7 Å². The highest BCUT2D eigenvalue weighted by Gasteiger charge is 2.11. The molecule has 1 unspecified atom stereocenters. The molecule has 0 amide bonds. The topological polar surface area (TPSA) is 39.1 Å². The van der Waals surface area contributed by atoms with Crippen LogP contribution in [0.1, 0.15) is 37.4 Å². The van der Waals surface area contributed by atoms with Gasteiger partial charge < -0.3 is 10.1 Å². The van der Waals surface area contributed by atoms with Crippen molar-refractivity contribution in [2.24, 2.45) is 7.05 Å². The highest BCUT2D eigenvalue weighted by Crippen LogP contribution is 2.23. The van der Waals surface area contributed by atoms with E-state index in [1.807, 2.05) is 30.9 Å². The summed E-state index contributed by atoms with van der Waals surface area (Å²) in [5.41, 5.74) is 2.56. The van der Waals surface area contributed by atoms with Gasteiger partial charge in [0.1, 0.15) is 5.75 Å². The largest absolute Gasteiger partial charge is 0.494 e. The zero-order chi connectivity index (χ0) is 15.1. The molecule has 1 atom stereocenters. The van der Waals surface area contributed by atoms with Crippen molar-refractivity contribution in [3.05, 3.63) is 47.8 Å². The molecule has 0 radical (unpaired) electrons. The quantitative estimate of drug-likeness (QED) is 0.811. The van der Waals surface area contributed by atoms with Crippen molar-refractivity contribution < 1.29 is 4.74 Å². The van der Waals surface area contributed by atoms with Gasteiger partial charge in [-0.2, -0.15) is 5.10 Å². The van der Waals surface area contributed by atoms with Crippen molar-refractivity contribution in [2.75, 3.05) is 13.2 Å². The number of hydrogen-bond acceptors (Lipinski definition) is 3. The minimum absolute atomic E-state index is 0.343. The Morgan fingerprint density at radius 2 is 2.19 bits per heavy atom. The van der Waals surface area contributed by atoms with E-state index in [0.29, 0.717) is 12.6 Å². The van der Waals surface area contributed by atoms with Crippen LogP contribution in [-0.2, 0) is 13.5 Å². The SMILES string of the molecule is CCNC(CCc1cnn(C)c1)c1cccc(OCC)c1. The van der Waals surface area contributed by atoms with Gasteiger partial charge in [0.25, 0.3) is 0 Å². The Bertz CT molecular complexity index is 550. The smallest absolute Gasteiger partial charge is 0.119 e. The predicted octanol–water partition coefficient (Wildman–Crippen LogP) is 3.10. The molecule has 2 aromatic rings. The second-order valence-corrected chi connectivity index (χ2v) is 5.18. The third kappa shape index (κ3) is 4.60. The first kappa shape index (κ1) is 15.6. The molecule has 0 aliphatic heterocycles. The van der Waals surface area contributed by atoms with Gasteiger partial charge in [0, 0.05) is 19.3 Å². The van der Waals surface area contributed by atoms with E-state index < -0.39 is 0 Å². The lowest BCUT2D eigenvalue weighted by molar-refractivity contribution is 0.339. The third-order valence-electron chi connectivity index (χ3n) is 3.50. The van der Waals surface area contributed by atoms with E-state index >= 15 is 0 Å². The van der Waals surface area contributed by atoms with E-state index in [-0.39, 0.29) is 0 Å². The second-order valence-electron chi connectivity index (χ2n) is 5.18. The van der Waals surface area contributed by atoms with Crippen LogP contribution >= 0.6 is 0 Å². The summed E-state index contributed by atoms with van der Waals surface area (Å²) >= 11 is 0. The molecule has 0 bridgehead atoms. The molecule has 0 saturated carbocycles. The summed E-state index contributed by atoms with van der Waals surface area (Å²) in [6, 6.07) is 8.72. The van der Waals surface area contributed by atoms with Gasteiger partial charge in [0.15, 0.2) is 0 Å². The summed E-state index contributed by atoms with van der Waals surface area (Å²) in [7, 11) is 1.96. The first-order valence-electron chi connectivity index (χ1n) is 7.66. The zero-order valence-electron chi connectivity index (χ0n) is 13.2. The number of nitrogens with zero attached hydrogens (tertiary/aromatic N) is 2. The number of ether oxygens (including phenoxy) is 1. The number of nitrogens with one attached hydrogen (secondary N) is 1. The highest BCUT2D eigenvalue weighted by molar-refractivity contribution is 5.30. The van der Waals surface area contributed by atoms with E-state index in [2.05, 4.69) is 41.7 Å². The molecular weight excluding hydrogens is 262 g/mol. The molecule has 4 nitrogen and oxygen atoms in total. The molecule has 21 heavy (non-hydrogen) atoms. The summed E-state index contributed by atoms with van der Waals surface area (Å²) < 4.78 is 7.45. The van der Waals surface area contributed by atoms with Crippen LogP contribution in [0.5, 0.6) is 5.75 Å². The zero-order valence-corrected chi connectivity index (χ0v) is 13.2. The Labute approximate surface area is 127 Å². The molecule has 0 aliphatic carbocycles. The monoisotopic (exact) mass is 287 g/mol. The standard InChI is InChI=1S/C17H25N3O/c1-4-18-17(10-9-14-12-19-20(3)13-14)15-7-6-8-16(11-15)21-5-2/h6-8,11-13,17-18H,4-5,9-10H2,1-3H3. The minimum atomic E-state index is 0.343. The number of rotatable bonds is 8. The van der Waals surface area contributed by atoms with Crippen molar-refractivity contribution in [3.63, 3.8) is 0 Å². The molecule has 1 heterocycles. The molecular formula is C17H25N3O. The fraction of sp³-hybridized carbons (Fsp3) is 0.471. The van der Waals surface area contributed by atoms with Gasteiger partial charge in [-0.05, 0) is 49.6 Å². The molecule has 1 N–H and O–H groups in total. The molecule has 2 rings (SSSR count). The van der Waals surface area contributed by atoms with Gasteiger partial charge in [-0.25, -0.2) is 0 Å². The predicted molar refractivity (Wildman–Crippen MR) is 85.6 cm³/mol. The van der Waals surface area contributed by atoms with Gasteiger partial charge in [0.05, 0.1) is 12.8 Å². The summed E-state index contributed by atoms with van der Waals surface area (Å²) in [6.45, 7) is 5.81. The lowest BCUT2D eigenvalue weighted by atomic mass is 10.00. The van der Waals surface area contributed by atoms with Crippen molar-refractivity contribution >= 4 is 0 Å². The van der Waals surface area contributed by atoms with Crippen LogP contribution in [0.15, 0.2) is 36.7 Å². The molecule has 4 heteroatoms. The van der Waals surface area contributed by atoms with Crippen molar-refractivity contribution in [1.29, 1.82) is 0 Å². The fourth-order valence-electron chi connectivity index (χ4n) is 2.53. The van der Waals surface area contributed by atoms with Gasteiger partial charge in [0.2, 0.25) is 0 Å². The molecule has 0 aliphatic rings. The Hall–Kier alpha value is -1.81. The maximum atomic E-state index is 5.60. The van der Waals surface area contributed by atoms with Crippen molar-refractivity contribution in [3.8, 4) is 5.75 Å². The first-order chi connectivity index (χ1) is 10.2. The summed E-state index contributed by atoms with van der Waals surface area (Å²) in [5.74, 6) is 0.944. The van der Waals surface area contributed by atoms with Crippen LogP contribution in [0.3, 0.4) is 0 Å². The van der Waals surface area contributed by atoms with Crippen LogP contribution in [0.25, 0.3) is 0 Å². The minimum Gasteiger partial charge on any atom is -0.494 e. The van der Waals surface area contributed by atoms with Crippen LogP contribution in [0.4, 0.5) is 0 Å². The molecule has 0 saturated heterocycles. The van der Waals surface area contributed by atoms with Gasteiger partial charge >= 0.3 is 0 Å². The lowest BCUT2D eigenvalue weighted by Gasteiger charge is -2.19. The highest BCUT2D eigenvalue weighted by atomic mass is 16.5. The van der Waals surface area contributed by atoms with Gasteiger partial charge in [-0.15, -0.1) is 0 Å². The van der Waals surface area contributed by atoms with E-state index in [1.54, 1.807) is 0 Å². The van der Waals surface area contributed by atoms with E-state index in [4.69, 9.17) is 4.74 Å². The molecule has 1 aromatic carbocycles. The van der Waals surface area contributed by atoms with Gasteiger partial charge in [-0.1, -0.05) is 19.1 Å². The van der Waals surface area contributed by atoms with Crippen LogP contribution in [0.2, 0.25) is 0 Å². The molecule has 0 spiro atoms. The maximum absolute atomic E-state index is 5.60. The number of hydrogen-bond donors (Lipinski definition) is 1. The third-order valence-corrected chi connectivity index (χ3v) is 3.50. The fourth-order valence-corrected chi connectivity index (χ4v) is 2.53.